The summed E-state index contributed by atoms with van der Waals surface area (Å²) in [6.07, 6.45) is -11.4. The SMILES string of the molecule is COC(=O)C1OC(O)C(O)C(OC2C(CO)OC(OC)C(N)C2O)O1. The van der Waals surface area contributed by atoms with Crippen LogP contribution in [0.25, 0.3) is 0 Å². The fraction of sp³-hybridized carbons (Fsp3) is 0.923. The summed E-state index contributed by atoms with van der Waals surface area (Å²) in [6, 6.07) is -1.02. The molecule has 2 aliphatic heterocycles. The summed E-state index contributed by atoms with van der Waals surface area (Å²) >= 11 is 0. The average molecular weight is 369 g/mol. The molecule has 0 saturated carbocycles. The van der Waals surface area contributed by atoms with Gasteiger partial charge in [0.1, 0.15) is 18.3 Å². The Hall–Kier alpha value is -0.930. The minimum atomic E-state index is -1.81. The minimum Gasteiger partial charge on any atom is -0.465 e. The van der Waals surface area contributed by atoms with Gasteiger partial charge in [0, 0.05) is 7.11 Å². The van der Waals surface area contributed by atoms with Gasteiger partial charge in [-0.1, -0.05) is 0 Å². The maximum atomic E-state index is 11.5. The lowest BCUT2D eigenvalue weighted by molar-refractivity contribution is -0.393. The van der Waals surface area contributed by atoms with Crippen LogP contribution in [0.3, 0.4) is 0 Å². The molecule has 25 heavy (non-hydrogen) atoms. The van der Waals surface area contributed by atoms with E-state index in [0.29, 0.717) is 0 Å². The van der Waals surface area contributed by atoms with Crippen molar-refractivity contribution in [1.29, 1.82) is 0 Å². The Morgan fingerprint density at radius 1 is 1.08 bits per heavy atom. The normalized spacial score (nSPS) is 45.2. The van der Waals surface area contributed by atoms with Crippen molar-refractivity contribution in [2.45, 2.75) is 55.6 Å². The van der Waals surface area contributed by atoms with Crippen molar-refractivity contribution in [3.8, 4) is 0 Å². The highest BCUT2D eigenvalue weighted by molar-refractivity contribution is 5.73. The average Bonchev–Trinajstić information content (AvgIpc) is 2.61. The molecule has 12 nitrogen and oxygen atoms in total. The Morgan fingerprint density at radius 3 is 2.32 bits per heavy atom. The summed E-state index contributed by atoms with van der Waals surface area (Å²) in [5.41, 5.74) is 5.79. The van der Waals surface area contributed by atoms with Crippen LogP contribution in [0.15, 0.2) is 0 Å². The third-order valence-corrected chi connectivity index (χ3v) is 3.91. The van der Waals surface area contributed by atoms with E-state index in [1.165, 1.54) is 7.11 Å². The smallest absolute Gasteiger partial charge is 0.363 e. The predicted molar refractivity (Wildman–Crippen MR) is 75.4 cm³/mol. The van der Waals surface area contributed by atoms with E-state index >= 15 is 0 Å². The number of methoxy groups -OCH3 is 2. The van der Waals surface area contributed by atoms with E-state index in [1.807, 2.05) is 0 Å². The number of hydrogen-bond acceptors (Lipinski definition) is 12. The van der Waals surface area contributed by atoms with Gasteiger partial charge in [0.2, 0.25) is 0 Å². The molecular weight excluding hydrogens is 346 g/mol. The molecule has 2 fully saturated rings. The van der Waals surface area contributed by atoms with Crippen LogP contribution in [0.4, 0.5) is 0 Å². The third-order valence-electron chi connectivity index (χ3n) is 3.91. The number of aliphatic hydroxyl groups is 4. The molecule has 2 rings (SSSR count). The Kier molecular flexibility index (Phi) is 7.04. The maximum Gasteiger partial charge on any atom is 0.363 e. The fourth-order valence-electron chi connectivity index (χ4n) is 2.52. The lowest BCUT2D eigenvalue weighted by Crippen LogP contribution is -2.65. The topological polar surface area (TPSA) is 179 Å². The number of carbonyl (C=O) groups is 1. The Bertz CT molecular complexity index is 450. The molecule has 9 atom stereocenters. The summed E-state index contributed by atoms with van der Waals surface area (Å²) in [6.45, 7) is -0.559. The van der Waals surface area contributed by atoms with Gasteiger partial charge in [-0.3, -0.25) is 0 Å². The number of rotatable bonds is 5. The van der Waals surface area contributed by atoms with Crippen molar-refractivity contribution in [2.24, 2.45) is 5.73 Å². The van der Waals surface area contributed by atoms with Crippen LogP contribution in [0.2, 0.25) is 0 Å². The van der Waals surface area contributed by atoms with E-state index in [2.05, 4.69) is 4.74 Å². The second-order valence-electron chi connectivity index (χ2n) is 5.51. The molecular formula is C13H23NO11. The van der Waals surface area contributed by atoms with Gasteiger partial charge in [0.05, 0.1) is 19.8 Å². The highest BCUT2D eigenvalue weighted by Crippen LogP contribution is 2.27. The molecule has 0 aromatic carbocycles. The summed E-state index contributed by atoms with van der Waals surface area (Å²) in [7, 11) is 2.39. The van der Waals surface area contributed by atoms with E-state index in [-0.39, 0.29) is 0 Å². The number of ether oxygens (including phenoxy) is 6. The molecule has 0 aromatic rings. The lowest BCUT2D eigenvalue weighted by Gasteiger charge is -2.44. The fourth-order valence-corrected chi connectivity index (χ4v) is 2.52. The molecule has 6 N–H and O–H groups in total. The van der Waals surface area contributed by atoms with Crippen LogP contribution in [-0.4, -0.2) is 103 Å². The Balaban J connectivity index is 2.12. The number of esters is 1. The van der Waals surface area contributed by atoms with Gasteiger partial charge >= 0.3 is 5.97 Å². The van der Waals surface area contributed by atoms with Crippen LogP contribution >= 0.6 is 0 Å². The van der Waals surface area contributed by atoms with Crippen LogP contribution in [-0.2, 0) is 33.2 Å². The Morgan fingerprint density at radius 2 is 1.76 bits per heavy atom. The van der Waals surface area contributed by atoms with Crippen LogP contribution < -0.4 is 5.73 Å². The molecule has 0 spiro atoms. The molecule has 2 saturated heterocycles. The number of aliphatic hydroxyl groups excluding tert-OH is 4. The number of carbonyl (C=O) groups excluding carboxylic acids is 1. The second-order valence-corrected chi connectivity index (χ2v) is 5.51. The monoisotopic (exact) mass is 369 g/mol. The zero-order valence-corrected chi connectivity index (χ0v) is 13.6. The molecule has 2 aliphatic rings. The number of hydrogen-bond donors (Lipinski definition) is 5. The molecule has 2 heterocycles. The summed E-state index contributed by atoms with van der Waals surface area (Å²) < 4.78 is 30.1. The largest absolute Gasteiger partial charge is 0.465 e. The first-order valence-corrected chi connectivity index (χ1v) is 7.47. The highest BCUT2D eigenvalue weighted by Gasteiger charge is 2.49. The molecule has 146 valence electrons. The zero-order valence-electron chi connectivity index (χ0n) is 13.6. The quantitative estimate of drug-likeness (QED) is 0.297. The lowest BCUT2D eigenvalue weighted by atomic mass is 9.97. The first-order chi connectivity index (χ1) is 11.8. The summed E-state index contributed by atoms with van der Waals surface area (Å²) in [4.78, 5) is 11.5. The predicted octanol–water partition coefficient (Wildman–Crippen LogP) is -4.03. The van der Waals surface area contributed by atoms with E-state index < -0.39 is 68.2 Å². The van der Waals surface area contributed by atoms with Crippen molar-refractivity contribution in [2.75, 3.05) is 20.8 Å². The van der Waals surface area contributed by atoms with Gasteiger partial charge in [0.25, 0.3) is 6.29 Å². The molecule has 0 radical (unpaired) electrons. The van der Waals surface area contributed by atoms with Gasteiger partial charge in [-0.2, -0.15) is 0 Å². The zero-order chi connectivity index (χ0) is 18.7. The highest BCUT2D eigenvalue weighted by atomic mass is 16.8. The van der Waals surface area contributed by atoms with Gasteiger partial charge in [0.15, 0.2) is 25.0 Å². The molecule has 0 aliphatic carbocycles. The van der Waals surface area contributed by atoms with E-state index in [0.717, 1.165) is 7.11 Å². The van der Waals surface area contributed by atoms with Gasteiger partial charge in [-0.25, -0.2) is 4.79 Å². The first-order valence-electron chi connectivity index (χ1n) is 7.47. The summed E-state index contributed by atoms with van der Waals surface area (Å²) in [5, 5.41) is 39.4. The van der Waals surface area contributed by atoms with Crippen molar-refractivity contribution in [3.05, 3.63) is 0 Å². The Labute approximate surface area is 142 Å². The van der Waals surface area contributed by atoms with Crippen LogP contribution in [0.1, 0.15) is 0 Å². The van der Waals surface area contributed by atoms with Crippen molar-refractivity contribution in [3.63, 3.8) is 0 Å². The van der Waals surface area contributed by atoms with E-state index in [4.69, 9.17) is 29.4 Å². The van der Waals surface area contributed by atoms with Crippen molar-refractivity contribution >= 4 is 5.97 Å². The molecule has 0 amide bonds. The standard InChI is InChI=1S/C13H23NO11/c1-20-10(19)13-24-9(18)7(17)12(25-13)23-8-4(3-15)22-11(21-2)5(14)6(8)16/h4-9,11-13,15-18H,3,14H2,1-2H3. The summed E-state index contributed by atoms with van der Waals surface area (Å²) in [5.74, 6) is -0.963. The van der Waals surface area contributed by atoms with Gasteiger partial charge in [-0.05, 0) is 0 Å². The second kappa shape index (κ2) is 8.64. The van der Waals surface area contributed by atoms with Crippen LogP contribution in [0.5, 0.6) is 0 Å². The molecule has 9 unspecified atom stereocenters. The van der Waals surface area contributed by atoms with Crippen LogP contribution in [0, 0.1) is 0 Å². The molecule has 12 heteroatoms. The minimum absolute atomic E-state index is 0.559. The van der Waals surface area contributed by atoms with Gasteiger partial charge < -0.3 is 54.6 Å². The van der Waals surface area contributed by atoms with Crippen molar-refractivity contribution < 1.29 is 53.6 Å². The number of nitrogens with two attached hydrogens (primary N) is 1. The van der Waals surface area contributed by atoms with E-state index in [9.17, 15) is 25.2 Å². The molecule has 0 aromatic heterocycles. The molecule has 0 bridgehead atoms. The third kappa shape index (κ3) is 4.25. The van der Waals surface area contributed by atoms with E-state index in [1.54, 1.807) is 0 Å². The maximum absolute atomic E-state index is 11.5. The van der Waals surface area contributed by atoms with Crippen molar-refractivity contribution in [1.82, 2.24) is 0 Å². The first kappa shape index (κ1) is 20.4. The van der Waals surface area contributed by atoms with Gasteiger partial charge in [-0.15, -0.1) is 0 Å².